The highest BCUT2D eigenvalue weighted by Gasteiger charge is 2.16. The number of carbonyl (C=O) groups excluding carboxylic acids is 1. The van der Waals surface area contributed by atoms with Crippen LogP contribution in [0.2, 0.25) is 5.02 Å². The lowest BCUT2D eigenvalue weighted by Gasteiger charge is -2.17. The summed E-state index contributed by atoms with van der Waals surface area (Å²) < 4.78 is 11.9. The largest absolute Gasteiger partial charge is 0.490 e. The van der Waals surface area contributed by atoms with Crippen molar-refractivity contribution < 1.29 is 24.2 Å². The number of halogens is 1. The summed E-state index contributed by atoms with van der Waals surface area (Å²) in [5.74, 6) is -0.649. The van der Waals surface area contributed by atoms with Gasteiger partial charge in [0.15, 0.2) is 11.5 Å². The van der Waals surface area contributed by atoms with Gasteiger partial charge in [0.25, 0.3) is 5.91 Å². The maximum absolute atomic E-state index is 12.7. The monoisotopic (exact) mass is 516 g/mol. The van der Waals surface area contributed by atoms with Crippen LogP contribution in [0.1, 0.15) is 34.0 Å². The highest BCUT2D eigenvalue weighted by molar-refractivity contribution is 6.34. The summed E-state index contributed by atoms with van der Waals surface area (Å²) in [4.78, 5) is 23.8. The van der Waals surface area contributed by atoms with Gasteiger partial charge in [0, 0.05) is 5.56 Å². The highest BCUT2D eigenvalue weighted by Crippen LogP contribution is 2.35. The number of hydrogen-bond acceptors (Lipinski definition) is 5. The Labute approximate surface area is 220 Å². The summed E-state index contributed by atoms with van der Waals surface area (Å²) in [6, 6.07) is 18.6. The van der Waals surface area contributed by atoms with Crippen molar-refractivity contribution in [3.63, 3.8) is 0 Å². The first kappa shape index (κ1) is 27.1. The molecule has 0 heterocycles. The topological polar surface area (TPSA) is 109 Å². The third kappa shape index (κ3) is 7.23. The van der Waals surface area contributed by atoms with Crippen molar-refractivity contribution in [3.05, 3.63) is 106 Å². The number of carboxylic acids is 1. The van der Waals surface area contributed by atoms with Crippen molar-refractivity contribution in [2.24, 2.45) is 0 Å². The molecule has 0 atom stereocenters. The second-order valence-corrected chi connectivity index (χ2v) is 8.23. The molecule has 37 heavy (non-hydrogen) atoms. The van der Waals surface area contributed by atoms with Gasteiger partial charge in [0.1, 0.15) is 18.2 Å². The molecule has 3 aromatic carbocycles. The van der Waals surface area contributed by atoms with Crippen molar-refractivity contribution in [1.82, 2.24) is 0 Å². The van der Waals surface area contributed by atoms with Crippen LogP contribution in [0, 0.1) is 11.3 Å². The molecule has 1 amide bonds. The molecule has 0 radical (unpaired) electrons. The van der Waals surface area contributed by atoms with Crippen molar-refractivity contribution in [1.29, 1.82) is 5.26 Å². The number of benzene rings is 3. The van der Waals surface area contributed by atoms with E-state index in [1.165, 1.54) is 18.2 Å². The van der Waals surface area contributed by atoms with E-state index < -0.39 is 11.9 Å². The SMILES string of the molecule is C=CCc1cc(/C=C(\C#N)C(=O)Nc2ccccc2Cl)cc(OCC)c1OCc1ccc(C(=O)O)cc1. The number of rotatable bonds is 11. The third-order valence-electron chi connectivity index (χ3n) is 5.20. The number of nitriles is 1. The molecular formula is C29H25ClN2O5. The number of nitrogens with one attached hydrogen (secondary N) is 1. The quantitative estimate of drug-likeness (QED) is 0.176. The van der Waals surface area contributed by atoms with E-state index >= 15 is 0 Å². The van der Waals surface area contributed by atoms with Crippen molar-refractivity contribution in [3.8, 4) is 17.6 Å². The molecule has 0 aliphatic heterocycles. The van der Waals surface area contributed by atoms with E-state index in [-0.39, 0.29) is 17.7 Å². The Morgan fingerprint density at radius 3 is 2.49 bits per heavy atom. The molecule has 7 nitrogen and oxygen atoms in total. The van der Waals surface area contributed by atoms with E-state index in [0.29, 0.717) is 40.8 Å². The van der Waals surface area contributed by atoms with Crippen molar-refractivity contribution >= 4 is 35.2 Å². The molecule has 0 saturated heterocycles. The zero-order chi connectivity index (χ0) is 26.8. The van der Waals surface area contributed by atoms with E-state index in [4.69, 9.17) is 26.2 Å². The fourth-order valence-electron chi connectivity index (χ4n) is 3.47. The van der Waals surface area contributed by atoms with Crippen LogP contribution in [0.25, 0.3) is 6.08 Å². The summed E-state index contributed by atoms with van der Waals surface area (Å²) in [5.41, 5.74) is 2.58. The Morgan fingerprint density at radius 2 is 1.86 bits per heavy atom. The van der Waals surface area contributed by atoms with Crippen LogP contribution in [0.5, 0.6) is 11.5 Å². The van der Waals surface area contributed by atoms with E-state index in [1.807, 2.05) is 13.0 Å². The van der Waals surface area contributed by atoms with Gasteiger partial charge in [0.2, 0.25) is 0 Å². The summed E-state index contributed by atoms with van der Waals surface area (Å²) >= 11 is 6.12. The summed E-state index contributed by atoms with van der Waals surface area (Å²) in [6.07, 6.45) is 3.63. The third-order valence-corrected chi connectivity index (χ3v) is 5.53. The van der Waals surface area contributed by atoms with Crippen LogP contribution in [-0.2, 0) is 17.8 Å². The molecule has 3 rings (SSSR count). The number of carboxylic acid groups (broad SMARTS) is 1. The van der Waals surface area contributed by atoms with Gasteiger partial charge in [0.05, 0.1) is 22.9 Å². The summed E-state index contributed by atoms with van der Waals surface area (Å²) in [5, 5.41) is 21.7. The minimum absolute atomic E-state index is 0.112. The smallest absolute Gasteiger partial charge is 0.335 e. The number of anilines is 1. The first-order chi connectivity index (χ1) is 17.9. The standard InChI is InChI=1S/C29H25ClN2O5/c1-3-7-22-14-20(15-23(17-31)28(33)32-25-9-6-5-8-24(25)30)16-26(36-4-2)27(22)37-18-19-10-12-21(13-11-19)29(34)35/h3,5-6,8-16H,1,4,7,18H2,2H3,(H,32,33)(H,34,35)/b23-15+. The average molecular weight is 517 g/mol. The molecule has 8 heteroatoms. The van der Waals surface area contributed by atoms with Crippen LogP contribution in [0.3, 0.4) is 0 Å². The second kappa shape index (κ2) is 13.0. The molecule has 0 aromatic heterocycles. The van der Waals surface area contributed by atoms with Crippen LogP contribution < -0.4 is 14.8 Å². The number of allylic oxidation sites excluding steroid dienone is 1. The molecule has 0 bridgehead atoms. The van der Waals surface area contributed by atoms with E-state index in [9.17, 15) is 14.9 Å². The lowest BCUT2D eigenvalue weighted by molar-refractivity contribution is -0.112. The Morgan fingerprint density at radius 1 is 1.14 bits per heavy atom. The van der Waals surface area contributed by atoms with E-state index in [1.54, 1.807) is 54.6 Å². The maximum atomic E-state index is 12.7. The van der Waals surface area contributed by atoms with Crippen LogP contribution >= 0.6 is 11.6 Å². The normalized spacial score (nSPS) is 10.8. The van der Waals surface area contributed by atoms with Gasteiger partial charge in [-0.3, -0.25) is 4.79 Å². The Kier molecular flexibility index (Phi) is 9.48. The van der Waals surface area contributed by atoms with Crippen LogP contribution in [-0.4, -0.2) is 23.6 Å². The second-order valence-electron chi connectivity index (χ2n) is 7.83. The van der Waals surface area contributed by atoms with Crippen molar-refractivity contribution in [2.45, 2.75) is 20.0 Å². The first-order valence-corrected chi connectivity index (χ1v) is 11.8. The average Bonchev–Trinajstić information content (AvgIpc) is 2.88. The predicted octanol–water partition coefficient (Wildman–Crippen LogP) is 6.29. The fourth-order valence-corrected chi connectivity index (χ4v) is 3.65. The Balaban J connectivity index is 1.91. The number of para-hydroxylation sites is 1. The summed E-state index contributed by atoms with van der Waals surface area (Å²) in [6.45, 7) is 6.19. The number of amides is 1. The summed E-state index contributed by atoms with van der Waals surface area (Å²) in [7, 11) is 0. The van der Waals surface area contributed by atoms with Gasteiger partial charge < -0.3 is 19.9 Å². The number of aromatic carboxylic acids is 1. The molecule has 2 N–H and O–H groups in total. The van der Waals surface area contributed by atoms with Crippen molar-refractivity contribution in [2.75, 3.05) is 11.9 Å². The highest BCUT2D eigenvalue weighted by atomic mass is 35.5. The van der Waals surface area contributed by atoms with Gasteiger partial charge in [-0.05, 0) is 66.9 Å². The molecule has 0 aliphatic rings. The number of ether oxygens (including phenoxy) is 2. The molecule has 0 fully saturated rings. The molecule has 0 spiro atoms. The molecule has 3 aromatic rings. The van der Waals surface area contributed by atoms with Gasteiger partial charge >= 0.3 is 5.97 Å². The van der Waals surface area contributed by atoms with E-state index in [2.05, 4.69) is 11.9 Å². The Bertz CT molecular complexity index is 1370. The zero-order valence-corrected chi connectivity index (χ0v) is 20.9. The molecule has 0 unspecified atom stereocenters. The zero-order valence-electron chi connectivity index (χ0n) is 20.2. The minimum atomic E-state index is -1.000. The number of nitrogens with zero attached hydrogens (tertiary/aromatic N) is 1. The van der Waals surface area contributed by atoms with Gasteiger partial charge in [-0.1, -0.05) is 41.9 Å². The number of hydrogen-bond donors (Lipinski definition) is 2. The van der Waals surface area contributed by atoms with Crippen LogP contribution in [0.4, 0.5) is 5.69 Å². The molecule has 188 valence electrons. The minimum Gasteiger partial charge on any atom is -0.490 e. The van der Waals surface area contributed by atoms with Gasteiger partial charge in [-0.25, -0.2) is 4.79 Å². The molecule has 0 saturated carbocycles. The fraction of sp³-hybridized carbons (Fsp3) is 0.138. The van der Waals surface area contributed by atoms with Crippen LogP contribution in [0.15, 0.2) is 78.9 Å². The van der Waals surface area contributed by atoms with Gasteiger partial charge in [-0.2, -0.15) is 5.26 Å². The molecular weight excluding hydrogens is 492 g/mol. The lowest BCUT2D eigenvalue weighted by atomic mass is 10.0. The maximum Gasteiger partial charge on any atom is 0.335 e. The molecule has 0 aliphatic carbocycles. The first-order valence-electron chi connectivity index (χ1n) is 11.4. The predicted molar refractivity (Wildman–Crippen MR) is 143 cm³/mol. The van der Waals surface area contributed by atoms with Gasteiger partial charge in [-0.15, -0.1) is 6.58 Å². The number of carbonyl (C=O) groups is 2. The lowest BCUT2D eigenvalue weighted by Crippen LogP contribution is -2.13. The Hall–Kier alpha value is -4.54. The van der Waals surface area contributed by atoms with E-state index in [0.717, 1.165) is 11.1 Å².